The van der Waals surface area contributed by atoms with E-state index in [1.54, 1.807) is 6.20 Å². The smallest absolute Gasteiger partial charge is 0.268 e. The normalized spacial score (nSPS) is 10.4. The Morgan fingerprint density at radius 3 is 2.94 bits per heavy atom. The molecule has 0 atom stereocenters. The number of aryl methyl sites for hydroxylation is 1. The molecule has 1 aromatic heterocycles. The van der Waals surface area contributed by atoms with Crippen molar-refractivity contribution in [2.24, 2.45) is 5.73 Å². The third-order valence-electron chi connectivity index (χ3n) is 2.12. The lowest BCUT2D eigenvalue weighted by Crippen LogP contribution is -2.23. The van der Waals surface area contributed by atoms with Gasteiger partial charge in [0.25, 0.3) is 5.56 Å². The lowest BCUT2D eigenvalue weighted by atomic mass is 10.3. The minimum absolute atomic E-state index is 0.139. The Morgan fingerprint density at radius 1 is 1.50 bits per heavy atom. The average molecular weight is 226 g/mol. The number of unbranched alkanes of at least 4 members (excludes halogenated alkanes) is 1. The molecule has 0 aromatic carbocycles. The topological polar surface area (TPSA) is 93.2 Å². The van der Waals surface area contributed by atoms with E-state index in [9.17, 15) is 4.79 Å². The van der Waals surface area contributed by atoms with Crippen LogP contribution in [0.3, 0.4) is 0 Å². The summed E-state index contributed by atoms with van der Waals surface area (Å²) < 4.78 is 1.39. The first-order chi connectivity index (χ1) is 7.77. The summed E-state index contributed by atoms with van der Waals surface area (Å²) in [6, 6.07) is 1.50. The first-order valence-corrected chi connectivity index (χ1v) is 5.40. The Hall–Kier alpha value is -1.40. The van der Waals surface area contributed by atoms with Crippen LogP contribution in [0.4, 0.5) is 5.69 Å². The van der Waals surface area contributed by atoms with Gasteiger partial charge in [0.05, 0.1) is 11.9 Å². The molecule has 4 N–H and O–H groups in total. The van der Waals surface area contributed by atoms with Crippen LogP contribution in [0.1, 0.15) is 12.8 Å². The van der Waals surface area contributed by atoms with E-state index in [2.05, 4.69) is 10.4 Å². The number of hydrogen-bond donors (Lipinski definition) is 3. The van der Waals surface area contributed by atoms with Crippen LogP contribution in [0, 0.1) is 0 Å². The largest absolute Gasteiger partial charge is 0.396 e. The molecular weight excluding hydrogens is 208 g/mol. The zero-order chi connectivity index (χ0) is 11.8. The summed E-state index contributed by atoms with van der Waals surface area (Å²) in [5.74, 6) is 0. The number of anilines is 1. The van der Waals surface area contributed by atoms with Gasteiger partial charge in [0.1, 0.15) is 0 Å². The van der Waals surface area contributed by atoms with Gasteiger partial charge in [0.15, 0.2) is 0 Å². The van der Waals surface area contributed by atoms with Crippen LogP contribution in [0.2, 0.25) is 0 Å². The fourth-order valence-electron chi connectivity index (χ4n) is 1.29. The summed E-state index contributed by atoms with van der Waals surface area (Å²) in [5, 5.41) is 15.6. The summed E-state index contributed by atoms with van der Waals surface area (Å²) in [6.07, 6.45) is 3.04. The van der Waals surface area contributed by atoms with Gasteiger partial charge in [-0.15, -0.1) is 0 Å². The number of nitrogens with zero attached hydrogens (tertiary/aromatic N) is 2. The third-order valence-corrected chi connectivity index (χ3v) is 2.12. The van der Waals surface area contributed by atoms with Crippen molar-refractivity contribution in [1.82, 2.24) is 9.78 Å². The number of nitrogens with two attached hydrogens (primary N) is 1. The van der Waals surface area contributed by atoms with E-state index in [0.717, 1.165) is 6.42 Å². The number of aliphatic hydroxyl groups excluding tert-OH is 1. The lowest BCUT2D eigenvalue weighted by Gasteiger charge is -2.06. The predicted octanol–water partition coefficient (Wildman–Crippen LogP) is -0.614. The molecule has 6 heteroatoms. The van der Waals surface area contributed by atoms with Gasteiger partial charge >= 0.3 is 0 Å². The zero-order valence-corrected chi connectivity index (χ0v) is 9.22. The van der Waals surface area contributed by atoms with Crippen molar-refractivity contribution >= 4 is 5.69 Å². The van der Waals surface area contributed by atoms with Gasteiger partial charge < -0.3 is 16.2 Å². The van der Waals surface area contributed by atoms with Crippen LogP contribution in [0.25, 0.3) is 0 Å². The van der Waals surface area contributed by atoms with E-state index < -0.39 is 0 Å². The zero-order valence-electron chi connectivity index (χ0n) is 9.22. The van der Waals surface area contributed by atoms with E-state index in [1.165, 1.54) is 10.7 Å². The van der Waals surface area contributed by atoms with E-state index in [1.807, 2.05) is 0 Å². The molecule has 0 aliphatic heterocycles. The van der Waals surface area contributed by atoms with Crippen LogP contribution >= 0.6 is 0 Å². The van der Waals surface area contributed by atoms with Crippen molar-refractivity contribution in [3.63, 3.8) is 0 Å². The summed E-state index contributed by atoms with van der Waals surface area (Å²) >= 11 is 0. The molecule has 0 amide bonds. The molecule has 0 aliphatic carbocycles. The molecule has 0 saturated carbocycles. The van der Waals surface area contributed by atoms with Crippen molar-refractivity contribution in [3.05, 3.63) is 22.6 Å². The summed E-state index contributed by atoms with van der Waals surface area (Å²) in [7, 11) is 0. The van der Waals surface area contributed by atoms with Gasteiger partial charge in [0.2, 0.25) is 0 Å². The first kappa shape index (κ1) is 12.7. The van der Waals surface area contributed by atoms with Gasteiger partial charge in [-0.05, 0) is 12.8 Å². The minimum atomic E-state index is -0.139. The molecule has 0 radical (unpaired) electrons. The van der Waals surface area contributed by atoms with Gasteiger partial charge in [-0.2, -0.15) is 5.10 Å². The van der Waals surface area contributed by atoms with Crippen molar-refractivity contribution < 1.29 is 5.11 Å². The molecule has 16 heavy (non-hydrogen) atoms. The highest BCUT2D eigenvalue weighted by molar-refractivity contribution is 5.38. The van der Waals surface area contributed by atoms with Crippen LogP contribution in [-0.4, -0.2) is 34.6 Å². The highest BCUT2D eigenvalue weighted by atomic mass is 16.2. The highest BCUT2D eigenvalue weighted by Crippen LogP contribution is 1.99. The Bertz CT molecular complexity index is 364. The fraction of sp³-hybridized carbons (Fsp3) is 0.600. The maximum absolute atomic E-state index is 11.6. The van der Waals surface area contributed by atoms with Crippen molar-refractivity contribution in [1.29, 1.82) is 0 Å². The predicted molar refractivity (Wildman–Crippen MR) is 62.4 cm³/mol. The minimum Gasteiger partial charge on any atom is -0.396 e. The van der Waals surface area contributed by atoms with Gasteiger partial charge in [-0.1, -0.05) is 0 Å². The van der Waals surface area contributed by atoms with E-state index in [4.69, 9.17) is 10.8 Å². The quantitative estimate of drug-likeness (QED) is 0.539. The molecule has 0 fully saturated rings. The number of aliphatic hydroxyl groups is 1. The van der Waals surface area contributed by atoms with Crippen molar-refractivity contribution in [2.75, 3.05) is 25.0 Å². The molecule has 0 spiro atoms. The number of rotatable bonds is 7. The summed E-state index contributed by atoms with van der Waals surface area (Å²) in [4.78, 5) is 11.6. The summed E-state index contributed by atoms with van der Waals surface area (Å²) in [5.41, 5.74) is 5.89. The molecule has 0 aliphatic rings. The van der Waals surface area contributed by atoms with Gasteiger partial charge in [-0.3, -0.25) is 4.79 Å². The maximum atomic E-state index is 11.6. The monoisotopic (exact) mass is 226 g/mol. The Kier molecular flexibility index (Phi) is 5.52. The number of nitrogens with one attached hydrogen (secondary N) is 1. The third kappa shape index (κ3) is 4.00. The molecule has 0 bridgehead atoms. The number of hydrogen-bond acceptors (Lipinski definition) is 5. The lowest BCUT2D eigenvalue weighted by molar-refractivity contribution is 0.279. The van der Waals surface area contributed by atoms with E-state index >= 15 is 0 Å². The molecule has 0 unspecified atom stereocenters. The van der Waals surface area contributed by atoms with Crippen molar-refractivity contribution in [2.45, 2.75) is 19.4 Å². The Morgan fingerprint density at radius 2 is 2.31 bits per heavy atom. The van der Waals surface area contributed by atoms with Crippen LogP contribution < -0.4 is 16.6 Å². The van der Waals surface area contributed by atoms with Crippen LogP contribution in [0.5, 0.6) is 0 Å². The van der Waals surface area contributed by atoms with Crippen LogP contribution in [-0.2, 0) is 6.54 Å². The second-order valence-corrected chi connectivity index (χ2v) is 3.45. The molecule has 0 saturated heterocycles. The van der Waals surface area contributed by atoms with Gasteiger partial charge in [-0.25, -0.2) is 4.68 Å². The van der Waals surface area contributed by atoms with E-state index in [-0.39, 0.29) is 12.2 Å². The second-order valence-electron chi connectivity index (χ2n) is 3.45. The van der Waals surface area contributed by atoms with Crippen LogP contribution in [0.15, 0.2) is 17.1 Å². The van der Waals surface area contributed by atoms with Crippen molar-refractivity contribution in [3.8, 4) is 0 Å². The highest BCUT2D eigenvalue weighted by Gasteiger charge is 1.99. The SMILES string of the molecule is NCCNc1cnn(CCCCO)c(=O)c1. The molecule has 1 rings (SSSR count). The second kappa shape index (κ2) is 6.97. The molecule has 6 nitrogen and oxygen atoms in total. The molecular formula is C10H18N4O2. The fourth-order valence-corrected chi connectivity index (χ4v) is 1.29. The standard InChI is InChI=1S/C10H18N4O2/c11-3-4-12-9-7-10(16)14(13-8-9)5-1-2-6-15/h7-8,12,15H,1-6,11H2. The molecule has 90 valence electrons. The average Bonchev–Trinajstić information content (AvgIpc) is 2.29. The summed E-state index contributed by atoms with van der Waals surface area (Å²) in [6.45, 7) is 1.82. The Labute approximate surface area is 94.1 Å². The molecule has 1 aromatic rings. The number of aromatic nitrogens is 2. The molecule has 1 heterocycles. The Balaban J connectivity index is 2.57. The van der Waals surface area contributed by atoms with Gasteiger partial charge in [0, 0.05) is 32.3 Å². The maximum Gasteiger partial charge on any atom is 0.268 e. The first-order valence-electron chi connectivity index (χ1n) is 5.40. The van der Waals surface area contributed by atoms with E-state index in [0.29, 0.717) is 31.7 Å².